The van der Waals surface area contributed by atoms with Gasteiger partial charge in [-0.25, -0.2) is 0 Å². The van der Waals surface area contributed by atoms with E-state index in [2.05, 4.69) is 4.74 Å². The molecule has 1 saturated carbocycles. The minimum Gasteiger partial charge on any atom is -0.469 e. The van der Waals surface area contributed by atoms with Crippen molar-refractivity contribution in [1.82, 2.24) is 0 Å². The van der Waals surface area contributed by atoms with E-state index in [-0.39, 0.29) is 24.0 Å². The van der Waals surface area contributed by atoms with Gasteiger partial charge in [-0.2, -0.15) is 0 Å². The maximum absolute atomic E-state index is 11.1. The smallest absolute Gasteiger partial charge is 0.310 e. The maximum atomic E-state index is 11.1. The summed E-state index contributed by atoms with van der Waals surface area (Å²) in [6.45, 7) is 0. The normalized spacial score (nSPS) is 36.1. The van der Waals surface area contributed by atoms with Gasteiger partial charge in [0, 0.05) is 6.04 Å². The lowest BCUT2D eigenvalue weighted by atomic mass is 9.83. The molecule has 3 atom stereocenters. The molecule has 0 amide bonds. The molecule has 1 fully saturated rings. The summed E-state index contributed by atoms with van der Waals surface area (Å²) >= 11 is 0. The molecule has 4 nitrogen and oxygen atoms in total. The lowest BCUT2D eigenvalue weighted by Crippen LogP contribution is -2.42. The number of ether oxygens (including phenoxy) is 1. The molecule has 1 aliphatic rings. The van der Waals surface area contributed by atoms with E-state index in [9.17, 15) is 9.90 Å². The summed E-state index contributed by atoms with van der Waals surface area (Å²) in [6.07, 6.45) is 1.43. The molecule has 0 aromatic heterocycles. The number of rotatable bonds is 1. The number of methoxy groups -OCH3 is 1. The number of hydrogen-bond donors (Lipinski definition) is 2. The van der Waals surface area contributed by atoms with Crippen molar-refractivity contribution in [3.63, 3.8) is 0 Å². The van der Waals surface area contributed by atoms with Gasteiger partial charge in [-0.15, -0.1) is 0 Å². The van der Waals surface area contributed by atoms with Crippen LogP contribution in [0.25, 0.3) is 0 Å². The molecule has 0 aromatic rings. The number of aliphatic hydroxyl groups is 1. The van der Waals surface area contributed by atoms with Crippen molar-refractivity contribution < 1.29 is 14.6 Å². The molecule has 4 heteroatoms. The van der Waals surface area contributed by atoms with E-state index in [1.54, 1.807) is 0 Å². The third kappa shape index (κ3) is 1.95. The highest BCUT2D eigenvalue weighted by Gasteiger charge is 2.32. The Hall–Kier alpha value is -0.610. The minimum atomic E-state index is -0.346. The molecule has 3 N–H and O–H groups in total. The molecular weight excluding hydrogens is 158 g/mol. The number of carbonyl (C=O) groups is 1. The summed E-state index contributed by atoms with van der Waals surface area (Å²) in [6, 6.07) is -0.249. The summed E-state index contributed by atoms with van der Waals surface area (Å²) < 4.78 is 4.59. The second kappa shape index (κ2) is 3.87. The Morgan fingerprint density at radius 2 is 2.25 bits per heavy atom. The van der Waals surface area contributed by atoms with Crippen LogP contribution < -0.4 is 5.73 Å². The standard InChI is InChI=1S/C8H15NO3/c1-12-8(11)6-3-2-5(10)4-7(6)9/h5-7,10H,2-4,9H2,1H3/t5-,6+,7-/m0/s1. The van der Waals surface area contributed by atoms with Crippen LogP contribution in [0.3, 0.4) is 0 Å². The first-order valence-corrected chi connectivity index (χ1v) is 4.16. The monoisotopic (exact) mass is 173 g/mol. The van der Waals surface area contributed by atoms with Crippen molar-refractivity contribution in [3.05, 3.63) is 0 Å². The first-order chi connectivity index (χ1) is 5.65. The van der Waals surface area contributed by atoms with Gasteiger partial charge in [0.1, 0.15) is 0 Å². The van der Waals surface area contributed by atoms with Crippen LogP contribution in [0, 0.1) is 5.92 Å². The topological polar surface area (TPSA) is 72.5 Å². The van der Waals surface area contributed by atoms with Gasteiger partial charge >= 0.3 is 5.97 Å². The molecule has 1 aliphatic carbocycles. The van der Waals surface area contributed by atoms with Gasteiger partial charge < -0.3 is 15.6 Å². The van der Waals surface area contributed by atoms with E-state index in [4.69, 9.17) is 5.73 Å². The summed E-state index contributed by atoms with van der Waals surface area (Å²) in [4.78, 5) is 11.1. The summed E-state index contributed by atoms with van der Waals surface area (Å²) in [5, 5.41) is 9.22. The molecule has 0 radical (unpaired) electrons. The Morgan fingerprint density at radius 1 is 1.58 bits per heavy atom. The third-order valence-electron chi connectivity index (χ3n) is 2.38. The molecule has 0 saturated heterocycles. The van der Waals surface area contributed by atoms with E-state index in [0.717, 1.165) is 0 Å². The van der Waals surface area contributed by atoms with E-state index >= 15 is 0 Å². The van der Waals surface area contributed by atoms with Gasteiger partial charge in [0.2, 0.25) is 0 Å². The SMILES string of the molecule is COC(=O)[C@@H]1CC[C@H](O)C[C@@H]1N. The van der Waals surface area contributed by atoms with Gasteiger partial charge in [-0.05, 0) is 19.3 Å². The molecule has 70 valence electrons. The molecule has 0 aromatic carbocycles. The third-order valence-corrected chi connectivity index (χ3v) is 2.38. The van der Waals surface area contributed by atoms with Crippen LogP contribution in [-0.4, -0.2) is 30.3 Å². The molecular formula is C8H15NO3. The largest absolute Gasteiger partial charge is 0.469 e. The number of nitrogens with two attached hydrogens (primary N) is 1. The first kappa shape index (κ1) is 9.48. The zero-order valence-corrected chi connectivity index (χ0v) is 7.19. The van der Waals surface area contributed by atoms with Crippen molar-refractivity contribution >= 4 is 5.97 Å². The lowest BCUT2D eigenvalue weighted by Gasteiger charge is -2.29. The van der Waals surface area contributed by atoms with Gasteiger partial charge in [-0.1, -0.05) is 0 Å². The highest BCUT2D eigenvalue weighted by molar-refractivity contribution is 5.73. The number of carbonyl (C=O) groups excluding carboxylic acids is 1. The first-order valence-electron chi connectivity index (χ1n) is 4.16. The van der Waals surface area contributed by atoms with Gasteiger partial charge in [-0.3, -0.25) is 4.79 Å². The second-order valence-corrected chi connectivity index (χ2v) is 3.26. The van der Waals surface area contributed by atoms with E-state index in [1.807, 2.05) is 0 Å². The predicted molar refractivity (Wildman–Crippen MR) is 43.3 cm³/mol. The highest BCUT2D eigenvalue weighted by Crippen LogP contribution is 2.24. The molecule has 0 bridgehead atoms. The van der Waals surface area contributed by atoms with Crippen LogP contribution in [0.1, 0.15) is 19.3 Å². The molecule has 0 unspecified atom stereocenters. The average Bonchev–Trinajstić information content (AvgIpc) is 2.03. The average molecular weight is 173 g/mol. The Kier molecular flexibility index (Phi) is 3.05. The fourth-order valence-corrected chi connectivity index (χ4v) is 1.63. The molecule has 0 heterocycles. The number of aliphatic hydroxyl groups excluding tert-OH is 1. The van der Waals surface area contributed by atoms with E-state index in [1.165, 1.54) is 7.11 Å². The van der Waals surface area contributed by atoms with E-state index in [0.29, 0.717) is 19.3 Å². The molecule has 0 spiro atoms. The summed E-state index contributed by atoms with van der Waals surface area (Å²) in [7, 11) is 1.36. The van der Waals surface area contributed by atoms with Crippen LogP contribution in [0.5, 0.6) is 0 Å². The molecule has 0 aliphatic heterocycles. The van der Waals surface area contributed by atoms with Crippen LogP contribution >= 0.6 is 0 Å². The van der Waals surface area contributed by atoms with Crippen molar-refractivity contribution in [2.24, 2.45) is 11.7 Å². The van der Waals surface area contributed by atoms with Crippen molar-refractivity contribution in [2.75, 3.05) is 7.11 Å². The maximum Gasteiger partial charge on any atom is 0.310 e. The van der Waals surface area contributed by atoms with Crippen LogP contribution in [0.15, 0.2) is 0 Å². The van der Waals surface area contributed by atoms with Crippen molar-refractivity contribution in [3.8, 4) is 0 Å². The fraction of sp³-hybridized carbons (Fsp3) is 0.875. The van der Waals surface area contributed by atoms with Gasteiger partial charge in [0.25, 0.3) is 0 Å². The zero-order valence-electron chi connectivity index (χ0n) is 7.19. The van der Waals surface area contributed by atoms with E-state index < -0.39 is 0 Å². The highest BCUT2D eigenvalue weighted by atomic mass is 16.5. The van der Waals surface area contributed by atoms with Crippen LogP contribution in [-0.2, 0) is 9.53 Å². The van der Waals surface area contributed by atoms with Gasteiger partial charge in [0.15, 0.2) is 0 Å². The summed E-state index contributed by atoms with van der Waals surface area (Å²) in [5.41, 5.74) is 5.69. The van der Waals surface area contributed by atoms with Gasteiger partial charge in [0.05, 0.1) is 19.1 Å². The Labute approximate surface area is 71.7 Å². The predicted octanol–water partition coefficient (Wildman–Crippen LogP) is -0.352. The van der Waals surface area contributed by atoms with Crippen molar-refractivity contribution in [1.29, 1.82) is 0 Å². The Morgan fingerprint density at radius 3 is 2.75 bits per heavy atom. The minimum absolute atomic E-state index is 0.224. The molecule has 1 rings (SSSR count). The lowest BCUT2D eigenvalue weighted by molar-refractivity contribution is -0.147. The number of esters is 1. The summed E-state index contributed by atoms with van der Waals surface area (Å²) in [5.74, 6) is -0.479. The van der Waals surface area contributed by atoms with Crippen molar-refractivity contribution in [2.45, 2.75) is 31.4 Å². The quantitative estimate of drug-likeness (QED) is 0.531. The fourth-order valence-electron chi connectivity index (χ4n) is 1.63. The Balaban J connectivity index is 2.50. The molecule has 12 heavy (non-hydrogen) atoms. The Bertz CT molecular complexity index is 172. The number of hydrogen-bond acceptors (Lipinski definition) is 4. The van der Waals surface area contributed by atoms with Crippen LogP contribution in [0.2, 0.25) is 0 Å². The van der Waals surface area contributed by atoms with Crippen LogP contribution in [0.4, 0.5) is 0 Å². The zero-order chi connectivity index (χ0) is 9.14. The second-order valence-electron chi connectivity index (χ2n) is 3.26.